The van der Waals surface area contributed by atoms with Gasteiger partial charge in [0, 0.05) is 43.0 Å². The number of carboxylic acid groups (broad SMARTS) is 1. The fraction of sp³-hybridized carbons (Fsp3) is 0.419. The number of nitrogens with zero attached hydrogens (tertiary/aromatic N) is 2. The van der Waals surface area contributed by atoms with Gasteiger partial charge in [-0.3, -0.25) is 9.69 Å². The molecule has 0 amide bonds. The van der Waals surface area contributed by atoms with Crippen molar-refractivity contribution < 1.29 is 18.7 Å². The molecule has 5 nitrogen and oxygen atoms in total. The van der Waals surface area contributed by atoms with Crippen LogP contribution in [-0.4, -0.2) is 33.6 Å². The summed E-state index contributed by atoms with van der Waals surface area (Å²) in [4.78, 5) is 26.5. The molecule has 5 rings (SSSR count). The molecule has 0 atom stereocenters. The Morgan fingerprint density at radius 1 is 1.05 bits per heavy atom. The van der Waals surface area contributed by atoms with Crippen LogP contribution in [0.15, 0.2) is 47.4 Å². The molecule has 0 radical (unpaired) electrons. The van der Waals surface area contributed by atoms with Crippen molar-refractivity contribution in [3.63, 3.8) is 0 Å². The quantitative estimate of drug-likeness (QED) is 0.379. The summed E-state index contributed by atoms with van der Waals surface area (Å²) in [5.41, 5.74) is 4.11. The molecule has 200 valence electrons. The van der Waals surface area contributed by atoms with Crippen LogP contribution in [0, 0.1) is 18.6 Å². The fourth-order valence-electron chi connectivity index (χ4n) is 5.89. The zero-order valence-corrected chi connectivity index (χ0v) is 22.1. The first kappa shape index (κ1) is 26.3. The molecule has 3 aromatic rings. The van der Waals surface area contributed by atoms with Gasteiger partial charge in [-0.25, -0.2) is 13.6 Å². The lowest BCUT2D eigenvalue weighted by Gasteiger charge is -2.34. The van der Waals surface area contributed by atoms with Crippen LogP contribution in [0.4, 0.5) is 8.78 Å². The Hall–Kier alpha value is -3.32. The Morgan fingerprint density at radius 2 is 1.71 bits per heavy atom. The van der Waals surface area contributed by atoms with Crippen molar-refractivity contribution in [2.45, 2.75) is 70.9 Å². The summed E-state index contributed by atoms with van der Waals surface area (Å²) in [6, 6.07) is 9.80. The van der Waals surface area contributed by atoms with Gasteiger partial charge in [-0.2, -0.15) is 0 Å². The smallest absolute Gasteiger partial charge is 0.336 e. The second-order valence-electron chi connectivity index (χ2n) is 11.0. The fourth-order valence-corrected chi connectivity index (χ4v) is 5.89. The van der Waals surface area contributed by atoms with E-state index in [2.05, 4.69) is 11.0 Å². The third kappa shape index (κ3) is 5.04. The van der Waals surface area contributed by atoms with E-state index in [1.807, 2.05) is 13.8 Å². The van der Waals surface area contributed by atoms with Crippen molar-refractivity contribution in [2.75, 3.05) is 13.1 Å². The second kappa shape index (κ2) is 10.4. The molecule has 1 saturated carbocycles. The Morgan fingerprint density at radius 3 is 2.29 bits per heavy atom. The molecule has 2 heterocycles. The Bertz CT molecular complexity index is 1420. The van der Waals surface area contributed by atoms with E-state index in [9.17, 15) is 19.1 Å². The van der Waals surface area contributed by atoms with E-state index in [1.54, 1.807) is 29.8 Å². The zero-order chi connectivity index (χ0) is 27.1. The average molecular weight is 521 g/mol. The lowest BCUT2D eigenvalue weighted by molar-refractivity contribution is 0.0695. The van der Waals surface area contributed by atoms with Crippen LogP contribution < -0.4 is 5.56 Å². The molecule has 0 unspecified atom stereocenters. The SMILES string of the molecule is Cc1c(C(=O)O)ccn(C2CCN(Cc3cc(C4CC4)c(-c4ccc(F)cc4)c(F)c3C(C)C)CC2)c1=O. The first-order valence-electron chi connectivity index (χ1n) is 13.4. The highest BCUT2D eigenvalue weighted by molar-refractivity contribution is 5.89. The molecule has 0 bridgehead atoms. The van der Waals surface area contributed by atoms with E-state index in [1.165, 1.54) is 18.2 Å². The number of rotatable bonds is 7. The molecule has 0 spiro atoms. The van der Waals surface area contributed by atoms with Crippen molar-refractivity contribution in [3.05, 3.63) is 92.4 Å². The molecule has 1 aliphatic heterocycles. The van der Waals surface area contributed by atoms with Crippen molar-refractivity contribution in [1.29, 1.82) is 0 Å². The van der Waals surface area contributed by atoms with Crippen LogP contribution >= 0.6 is 0 Å². The maximum Gasteiger partial charge on any atom is 0.336 e. The van der Waals surface area contributed by atoms with Gasteiger partial charge in [-0.15, -0.1) is 0 Å². The molecule has 1 N–H and O–H groups in total. The van der Waals surface area contributed by atoms with Gasteiger partial charge in [0.25, 0.3) is 5.56 Å². The number of benzene rings is 2. The number of aromatic carboxylic acids is 1. The molecule has 1 aromatic heterocycles. The number of pyridine rings is 1. The van der Waals surface area contributed by atoms with Crippen molar-refractivity contribution in [2.24, 2.45) is 0 Å². The van der Waals surface area contributed by atoms with E-state index in [-0.39, 0.29) is 40.3 Å². The second-order valence-corrected chi connectivity index (χ2v) is 11.0. The molecule has 7 heteroatoms. The summed E-state index contributed by atoms with van der Waals surface area (Å²) in [5, 5.41) is 9.30. The van der Waals surface area contributed by atoms with Crippen molar-refractivity contribution in [1.82, 2.24) is 9.47 Å². The molecule has 1 saturated heterocycles. The van der Waals surface area contributed by atoms with E-state index in [0.717, 1.165) is 55.5 Å². The third-order valence-corrected chi connectivity index (χ3v) is 8.08. The molecular weight excluding hydrogens is 486 g/mol. The van der Waals surface area contributed by atoms with Gasteiger partial charge in [0.15, 0.2) is 0 Å². The zero-order valence-electron chi connectivity index (χ0n) is 22.1. The Labute approximate surface area is 221 Å². The average Bonchev–Trinajstić information content (AvgIpc) is 3.72. The van der Waals surface area contributed by atoms with Crippen LogP contribution in [-0.2, 0) is 6.54 Å². The van der Waals surface area contributed by atoms with Crippen LogP contribution in [0.1, 0.15) is 90.0 Å². The van der Waals surface area contributed by atoms with Crippen LogP contribution in [0.3, 0.4) is 0 Å². The van der Waals surface area contributed by atoms with Crippen molar-refractivity contribution >= 4 is 5.97 Å². The van der Waals surface area contributed by atoms with E-state index < -0.39 is 5.97 Å². The van der Waals surface area contributed by atoms with Gasteiger partial charge in [-0.1, -0.05) is 32.0 Å². The maximum absolute atomic E-state index is 16.2. The highest BCUT2D eigenvalue weighted by Crippen LogP contribution is 2.47. The number of carboxylic acids is 1. The molecule has 2 aromatic carbocycles. The predicted molar refractivity (Wildman–Crippen MR) is 144 cm³/mol. The van der Waals surface area contributed by atoms with Gasteiger partial charge >= 0.3 is 5.97 Å². The highest BCUT2D eigenvalue weighted by atomic mass is 19.1. The minimum Gasteiger partial charge on any atom is -0.478 e. The summed E-state index contributed by atoms with van der Waals surface area (Å²) >= 11 is 0. The first-order valence-corrected chi connectivity index (χ1v) is 13.4. The van der Waals surface area contributed by atoms with Gasteiger partial charge in [0.2, 0.25) is 0 Å². The highest BCUT2D eigenvalue weighted by Gasteiger charge is 2.32. The van der Waals surface area contributed by atoms with Crippen LogP contribution in [0.25, 0.3) is 11.1 Å². The lowest BCUT2D eigenvalue weighted by Crippen LogP contribution is -2.38. The molecule has 38 heavy (non-hydrogen) atoms. The molecular formula is C31H34F2N2O3. The topological polar surface area (TPSA) is 62.5 Å². The van der Waals surface area contributed by atoms with Crippen LogP contribution in [0.2, 0.25) is 0 Å². The largest absolute Gasteiger partial charge is 0.478 e. The summed E-state index contributed by atoms with van der Waals surface area (Å²) in [6.07, 6.45) is 5.19. The number of halogens is 2. The Kier molecular flexibility index (Phi) is 7.23. The maximum atomic E-state index is 16.2. The molecule has 2 aliphatic rings. The number of hydrogen-bond donors (Lipinski definition) is 1. The van der Waals surface area contributed by atoms with E-state index in [0.29, 0.717) is 23.6 Å². The minimum absolute atomic E-state index is 0.00415. The first-order chi connectivity index (χ1) is 18.2. The Balaban J connectivity index is 1.40. The van der Waals surface area contributed by atoms with Gasteiger partial charge in [-0.05, 0) is 84.9 Å². The van der Waals surface area contributed by atoms with Gasteiger partial charge < -0.3 is 9.67 Å². The van der Waals surface area contributed by atoms with Crippen LogP contribution in [0.5, 0.6) is 0 Å². The number of piperidine rings is 1. The molecule has 2 fully saturated rings. The summed E-state index contributed by atoms with van der Waals surface area (Å²) in [7, 11) is 0. The summed E-state index contributed by atoms with van der Waals surface area (Å²) in [5.74, 6) is -1.29. The van der Waals surface area contributed by atoms with E-state index in [4.69, 9.17) is 0 Å². The van der Waals surface area contributed by atoms with Gasteiger partial charge in [0.1, 0.15) is 11.6 Å². The number of carbonyl (C=O) groups is 1. The standard InChI is InChI=1S/C31H34F2N2O3/c1-18(2)27-22(16-26(20-4-5-20)28(29(27)33)21-6-8-23(32)9-7-21)17-34-13-10-24(11-14-34)35-15-12-25(31(37)38)19(3)30(35)36/h6-9,12,15-16,18,20,24H,4-5,10-11,13-14,17H2,1-3H3,(H,37,38). The van der Waals surface area contributed by atoms with Gasteiger partial charge in [0.05, 0.1) is 5.56 Å². The normalized spacial score (nSPS) is 16.8. The summed E-state index contributed by atoms with van der Waals surface area (Å²) in [6.45, 7) is 7.73. The molecule has 1 aliphatic carbocycles. The lowest BCUT2D eigenvalue weighted by atomic mass is 9.86. The predicted octanol–water partition coefficient (Wildman–Crippen LogP) is 6.64. The summed E-state index contributed by atoms with van der Waals surface area (Å²) < 4.78 is 31.5. The number of likely N-dealkylation sites (tertiary alicyclic amines) is 1. The number of aromatic nitrogens is 1. The van der Waals surface area contributed by atoms with E-state index >= 15 is 4.39 Å². The van der Waals surface area contributed by atoms with Crippen molar-refractivity contribution in [3.8, 4) is 11.1 Å². The monoisotopic (exact) mass is 520 g/mol. The third-order valence-electron chi connectivity index (χ3n) is 8.08. The number of hydrogen-bond acceptors (Lipinski definition) is 3. The minimum atomic E-state index is -1.09.